The molecule has 2 unspecified atom stereocenters. The van der Waals surface area contributed by atoms with Crippen LogP contribution in [0.15, 0.2) is 30.3 Å². The Kier molecular flexibility index (Phi) is 4.16. The summed E-state index contributed by atoms with van der Waals surface area (Å²) in [5.74, 6) is 0. The van der Waals surface area contributed by atoms with Crippen molar-refractivity contribution in [3.63, 3.8) is 0 Å². The predicted octanol–water partition coefficient (Wildman–Crippen LogP) is 3.34. The molecule has 17 heavy (non-hydrogen) atoms. The standard InChI is InChI=1S/C12H15F3O2/c1-11(17-3,12(13,14)15)10(16-2)9-7-5-4-6-8-9/h4-8,10H,1-3H3. The summed E-state index contributed by atoms with van der Waals surface area (Å²) in [5, 5.41) is 0. The molecular weight excluding hydrogens is 233 g/mol. The lowest BCUT2D eigenvalue weighted by molar-refractivity contribution is -0.297. The van der Waals surface area contributed by atoms with E-state index in [4.69, 9.17) is 4.74 Å². The minimum Gasteiger partial charge on any atom is -0.373 e. The molecule has 0 aliphatic carbocycles. The molecule has 0 saturated carbocycles. The lowest BCUT2D eigenvalue weighted by Crippen LogP contribution is -2.49. The van der Waals surface area contributed by atoms with Crippen LogP contribution in [-0.2, 0) is 9.47 Å². The second-order valence-electron chi connectivity index (χ2n) is 3.84. The van der Waals surface area contributed by atoms with Crippen LogP contribution in [0.1, 0.15) is 18.6 Å². The summed E-state index contributed by atoms with van der Waals surface area (Å²) in [6.07, 6.45) is -5.72. The molecule has 0 spiro atoms. The Morgan fingerprint density at radius 1 is 1.06 bits per heavy atom. The monoisotopic (exact) mass is 248 g/mol. The highest BCUT2D eigenvalue weighted by Crippen LogP contribution is 2.43. The smallest absolute Gasteiger partial charge is 0.373 e. The number of alkyl halides is 3. The van der Waals surface area contributed by atoms with Gasteiger partial charge >= 0.3 is 6.18 Å². The summed E-state index contributed by atoms with van der Waals surface area (Å²) >= 11 is 0. The molecule has 0 aliphatic heterocycles. The Bertz CT molecular complexity index is 351. The van der Waals surface area contributed by atoms with Crippen LogP contribution in [0.25, 0.3) is 0 Å². The molecular formula is C12H15F3O2. The fraction of sp³-hybridized carbons (Fsp3) is 0.500. The van der Waals surface area contributed by atoms with E-state index in [1.54, 1.807) is 30.3 Å². The lowest BCUT2D eigenvalue weighted by atomic mass is 9.91. The van der Waals surface area contributed by atoms with E-state index in [0.717, 1.165) is 14.0 Å². The number of methoxy groups -OCH3 is 2. The first kappa shape index (κ1) is 14.0. The van der Waals surface area contributed by atoms with Gasteiger partial charge in [0.25, 0.3) is 0 Å². The van der Waals surface area contributed by atoms with Crippen LogP contribution in [0.3, 0.4) is 0 Å². The van der Waals surface area contributed by atoms with Crippen LogP contribution in [-0.4, -0.2) is 26.0 Å². The van der Waals surface area contributed by atoms with Gasteiger partial charge in [-0.25, -0.2) is 0 Å². The van der Waals surface area contributed by atoms with E-state index in [0.29, 0.717) is 5.56 Å². The first-order valence-corrected chi connectivity index (χ1v) is 5.06. The zero-order valence-electron chi connectivity index (χ0n) is 9.91. The van der Waals surface area contributed by atoms with Crippen molar-refractivity contribution in [1.82, 2.24) is 0 Å². The number of benzene rings is 1. The van der Waals surface area contributed by atoms with Crippen LogP contribution in [0.4, 0.5) is 13.2 Å². The summed E-state index contributed by atoms with van der Waals surface area (Å²) in [5.41, 5.74) is -1.94. The van der Waals surface area contributed by atoms with Crippen molar-refractivity contribution in [2.75, 3.05) is 14.2 Å². The highest BCUT2D eigenvalue weighted by atomic mass is 19.4. The average Bonchev–Trinajstić information content (AvgIpc) is 2.29. The van der Waals surface area contributed by atoms with Gasteiger partial charge in [-0.2, -0.15) is 13.2 Å². The third-order valence-electron chi connectivity index (χ3n) is 2.83. The van der Waals surface area contributed by atoms with Crippen molar-refractivity contribution in [2.45, 2.75) is 24.8 Å². The number of halogens is 3. The van der Waals surface area contributed by atoms with Crippen molar-refractivity contribution in [3.05, 3.63) is 35.9 Å². The van der Waals surface area contributed by atoms with E-state index in [1.165, 1.54) is 7.11 Å². The van der Waals surface area contributed by atoms with E-state index in [1.807, 2.05) is 0 Å². The third kappa shape index (κ3) is 2.61. The second-order valence-corrected chi connectivity index (χ2v) is 3.84. The number of rotatable bonds is 4. The quantitative estimate of drug-likeness (QED) is 0.813. The fourth-order valence-corrected chi connectivity index (χ4v) is 1.68. The van der Waals surface area contributed by atoms with Crippen molar-refractivity contribution >= 4 is 0 Å². The van der Waals surface area contributed by atoms with Gasteiger partial charge in [-0.15, -0.1) is 0 Å². The second kappa shape index (κ2) is 5.06. The number of hydrogen-bond donors (Lipinski definition) is 0. The Balaban J connectivity index is 3.17. The van der Waals surface area contributed by atoms with Crippen molar-refractivity contribution in [3.8, 4) is 0 Å². The Morgan fingerprint density at radius 2 is 1.59 bits per heavy atom. The molecule has 1 rings (SSSR count). The zero-order chi connectivity index (χ0) is 13.1. The normalized spacial score (nSPS) is 17.5. The largest absolute Gasteiger partial charge is 0.420 e. The fourth-order valence-electron chi connectivity index (χ4n) is 1.68. The van der Waals surface area contributed by atoms with Crippen molar-refractivity contribution < 1.29 is 22.6 Å². The number of hydrogen-bond acceptors (Lipinski definition) is 2. The molecule has 0 aromatic heterocycles. The lowest BCUT2D eigenvalue weighted by Gasteiger charge is -2.37. The molecule has 1 aromatic carbocycles. The van der Waals surface area contributed by atoms with Crippen LogP contribution < -0.4 is 0 Å². The maximum Gasteiger partial charge on any atom is 0.420 e. The molecule has 96 valence electrons. The molecule has 0 fully saturated rings. The molecule has 0 N–H and O–H groups in total. The van der Waals surface area contributed by atoms with Gasteiger partial charge in [0, 0.05) is 14.2 Å². The predicted molar refractivity (Wildman–Crippen MR) is 57.7 cm³/mol. The average molecular weight is 248 g/mol. The summed E-state index contributed by atoms with van der Waals surface area (Å²) in [7, 11) is 2.27. The summed E-state index contributed by atoms with van der Waals surface area (Å²) in [6, 6.07) is 8.21. The minimum absolute atomic E-state index is 0.427. The molecule has 0 saturated heterocycles. The maximum atomic E-state index is 13.0. The Morgan fingerprint density at radius 3 is 1.94 bits per heavy atom. The van der Waals surface area contributed by atoms with E-state index in [9.17, 15) is 13.2 Å². The first-order chi connectivity index (χ1) is 7.86. The topological polar surface area (TPSA) is 18.5 Å². The minimum atomic E-state index is -4.52. The third-order valence-corrected chi connectivity index (χ3v) is 2.83. The molecule has 0 bridgehead atoms. The van der Waals surface area contributed by atoms with Gasteiger partial charge in [0.1, 0.15) is 6.10 Å². The molecule has 0 heterocycles. The van der Waals surface area contributed by atoms with E-state index < -0.39 is 17.9 Å². The summed E-state index contributed by atoms with van der Waals surface area (Å²) < 4.78 is 48.7. The van der Waals surface area contributed by atoms with Gasteiger partial charge in [-0.1, -0.05) is 30.3 Å². The van der Waals surface area contributed by atoms with Gasteiger partial charge in [-0.05, 0) is 12.5 Å². The summed E-state index contributed by atoms with van der Waals surface area (Å²) in [4.78, 5) is 0. The molecule has 0 aliphatic rings. The highest BCUT2D eigenvalue weighted by Gasteiger charge is 2.57. The van der Waals surface area contributed by atoms with Gasteiger partial charge in [-0.3, -0.25) is 0 Å². The van der Waals surface area contributed by atoms with Crippen molar-refractivity contribution in [1.29, 1.82) is 0 Å². The van der Waals surface area contributed by atoms with Crippen LogP contribution in [0, 0.1) is 0 Å². The van der Waals surface area contributed by atoms with Gasteiger partial charge in [0.15, 0.2) is 5.60 Å². The van der Waals surface area contributed by atoms with Crippen LogP contribution >= 0.6 is 0 Å². The molecule has 2 atom stereocenters. The Labute approximate surface area is 98.3 Å². The molecule has 2 nitrogen and oxygen atoms in total. The van der Waals surface area contributed by atoms with E-state index in [-0.39, 0.29) is 0 Å². The first-order valence-electron chi connectivity index (χ1n) is 5.06. The van der Waals surface area contributed by atoms with E-state index in [2.05, 4.69) is 4.74 Å². The summed E-state index contributed by atoms with van der Waals surface area (Å²) in [6.45, 7) is 0.980. The van der Waals surface area contributed by atoms with Crippen LogP contribution in [0.2, 0.25) is 0 Å². The highest BCUT2D eigenvalue weighted by molar-refractivity contribution is 5.21. The van der Waals surface area contributed by atoms with Gasteiger partial charge in [0.05, 0.1) is 0 Å². The Hall–Kier alpha value is -1.07. The van der Waals surface area contributed by atoms with Crippen molar-refractivity contribution in [2.24, 2.45) is 0 Å². The molecule has 0 amide bonds. The molecule has 1 aromatic rings. The van der Waals surface area contributed by atoms with Gasteiger partial charge in [0.2, 0.25) is 0 Å². The van der Waals surface area contributed by atoms with E-state index >= 15 is 0 Å². The number of ether oxygens (including phenoxy) is 2. The maximum absolute atomic E-state index is 13.0. The SMILES string of the molecule is COC(c1ccccc1)C(C)(OC)C(F)(F)F. The zero-order valence-corrected chi connectivity index (χ0v) is 9.91. The van der Waals surface area contributed by atoms with Gasteiger partial charge < -0.3 is 9.47 Å². The molecule has 5 heteroatoms. The molecule has 0 radical (unpaired) electrons. The van der Waals surface area contributed by atoms with Crippen LogP contribution in [0.5, 0.6) is 0 Å².